The average molecular weight is 474 g/mol. The summed E-state index contributed by atoms with van der Waals surface area (Å²) in [6, 6.07) is 13.0. The molecule has 3 rings (SSSR count). The summed E-state index contributed by atoms with van der Waals surface area (Å²) in [4.78, 5) is 26.9. The van der Waals surface area contributed by atoms with E-state index < -0.39 is 10.0 Å². The Labute approximate surface area is 195 Å². The lowest BCUT2D eigenvalue weighted by molar-refractivity contribution is -0.126. The molecule has 1 aliphatic heterocycles. The molecule has 0 bridgehead atoms. The van der Waals surface area contributed by atoms with Crippen molar-refractivity contribution in [3.63, 3.8) is 0 Å². The number of nitrogens with one attached hydrogen (secondary N) is 2. The van der Waals surface area contributed by atoms with E-state index in [0.29, 0.717) is 50.3 Å². The molecule has 2 aromatic rings. The number of hydrogen-bond acceptors (Lipinski definition) is 5. The van der Waals surface area contributed by atoms with Crippen molar-refractivity contribution in [3.8, 4) is 0 Å². The second kappa shape index (κ2) is 11.3. The first-order chi connectivity index (χ1) is 15.8. The van der Waals surface area contributed by atoms with E-state index in [0.717, 1.165) is 12.0 Å². The SMILES string of the molecule is COCCCNC(=O)C1CCN(C(=O)c2ccc(S(=O)(=O)Nc3ccc(C)cc3)cc2)CC1. The highest BCUT2D eigenvalue weighted by Crippen LogP contribution is 2.21. The van der Waals surface area contributed by atoms with Crippen molar-refractivity contribution in [1.29, 1.82) is 0 Å². The fourth-order valence-electron chi connectivity index (χ4n) is 3.71. The first-order valence-corrected chi connectivity index (χ1v) is 12.5. The Hall–Kier alpha value is -2.91. The van der Waals surface area contributed by atoms with Crippen LogP contribution in [0.5, 0.6) is 0 Å². The molecule has 0 radical (unpaired) electrons. The minimum atomic E-state index is -3.75. The fraction of sp³-hybridized carbons (Fsp3) is 0.417. The van der Waals surface area contributed by atoms with Gasteiger partial charge in [-0.3, -0.25) is 14.3 Å². The van der Waals surface area contributed by atoms with E-state index >= 15 is 0 Å². The molecule has 0 unspecified atom stereocenters. The summed E-state index contributed by atoms with van der Waals surface area (Å²) < 4.78 is 32.8. The maximum absolute atomic E-state index is 12.9. The predicted octanol–water partition coefficient (Wildman–Crippen LogP) is 2.80. The summed E-state index contributed by atoms with van der Waals surface area (Å²) in [5, 5.41) is 2.92. The number of amides is 2. The summed E-state index contributed by atoms with van der Waals surface area (Å²) in [6.45, 7) is 4.10. The van der Waals surface area contributed by atoms with E-state index in [1.165, 1.54) is 24.3 Å². The summed E-state index contributed by atoms with van der Waals surface area (Å²) in [6.07, 6.45) is 1.98. The van der Waals surface area contributed by atoms with Crippen LogP contribution < -0.4 is 10.0 Å². The topological polar surface area (TPSA) is 105 Å². The first-order valence-electron chi connectivity index (χ1n) is 11.1. The van der Waals surface area contributed by atoms with E-state index in [1.807, 2.05) is 19.1 Å². The number of hydrogen-bond donors (Lipinski definition) is 2. The second-order valence-corrected chi connectivity index (χ2v) is 9.88. The zero-order valence-corrected chi connectivity index (χ0v) is 19.9. The van der Waals surface area contributed by atoms with Gasteiger partial charge in [0, 0.05) is 50.5 Å². The third-order valence-electron chi connectivity index (χ3n) is 5.69. The third kappa shape index (κ3) is 6.79. The number of carbonyl (C=O) groups excluding carboxylic acids is 2. The maximum Gasteiger partial charge on any atom is 0.261 e. The van der Waals surface area contributed by atoms with Crippen molar-refractivity contribution in [2.24, 2.45) is 5.92 Å². The van der Waals surface area contributed by atoms with Gasteiger partial charge in [0.1, 0.15) is 0 Å². The zero-order chi connectivity index (χ0) is 23.8. The Balaban J connectivity index is 1.54. The Kier molecular flexibility index (Phi) is 8.46. The van der Waals surface area contributed by atoms with Gasteiger partial charge < -0.3 is 15.0 Å². The number of aryl methyl sites for hydroxylation is 1. The molecule has 1 heterocycles. The highest BCUT2D eigenvalue weighted by atomic mass is 32.2. The summed E-state index contributed by atoms with van der Waals surface area (Å²) in [5.41, 5.74) is 1.94. The van der Waals surface area contributed by atoms with Crippen LogP contribution in [0.15, 0.2) is 53.4 Å². The van der Waals surface area contributed by atoms with Gasteiger partial charge in [0.05, 0.1) is 4.90 Å². The van der Waals surface area contributed by atoms with E-state index in [-0.39, 0.29) is 22.6 Å². The molecule has 2 amide bonds. The van der Waals surface area contributed by atoms with Gasteiger partial charge >= 0.3 is 0 Å². The smallest absolute Gasteiger partial charge is 0.261 e. The van der Waals surface area contributed by atoms with Gasteiger partial charge in [-0.05, 0) is 62.6 Å². The lowest BCUT2D eigenvalue weighted by atomic mass is 9.95. The normalized spacial score (nSPS) is 14.7. The van der Waals surface area contributed by atoms with E-state index in [4.69, 9.17) is 4.74 Å². The number of nitrogens with zero attached hydrogens (tertiary/aromatic N) is 1. The zero-order valence-electron chi connectivity index (χ0n) is 19.0. The van der Waals surface area contributed by atoms with Crippen molar-refractivity contribution in [3.05, 3.63) is 59.7 Å². The summed E-state index contributed by atoms with van der Waals surface area (Å²) in [5.74, 6) is -0.241. The first kappa shape index (κ1) is 24.7. The molecule has 33 heavy (non-hydrogen) atoms. The second-order valence-electron chi connectivity index (χ2n) is 8.20. The van der Waals surface area contributed by atoms with Crippen LogP contribution in [0.3, 0.4) is 0 Å². The van der Waals surface area contributed by atoms with Gasteiger partial charge in [-0.1, -0.05) is 17.7 Å². The highest BCUT2D eigenvalue weighted by molar-refractivity contribution is 7.92. The van der Waals surface area contributed by atoms with Crippen LogP contribution in [-0.2, 0) is 19.6 Å². The maximum atomic E-state index is 12.9. The lowest BCUT2D eigenvalue weighted by Gasteiger charge is -2.31. The number of ether oxygens (including phenoxy) is 1. The van der Waals surface area contributed by atoms with Gasteiger partial charge in [0.15, 0.2) is 0 Å². The van der Waals surface area contributed by atoms with Crippen LogP contribution in [0, 0.1) is 12.8 Å². The molecule has 1 aliphatic rings. The molecule has 178 valence electrons. The van der Waals surface area contributed by atoms with Crippen molar-refractivity contribution in [2.75, 3.05) is 38.1 Å². The van der Waals surface area contributed by atoms with Gasteiger partial charge in [-0.25, -0.2) is 8.42 Å². The Morgan fingerprint density at radius 3 is 2.27 bits per heavy atom. The minimum Gasteiger partial charge on any atom is -0.385 e. The Morgan fingerprint density at radius 1 is 1.03 bits per heavy atom. The van der Waals surface area contributed by atoms with Crippen molar-refractivity contribution < 1.29 is 22.7 Å². The number of benzene rings is 2. The molecule has 0 aliphatic carbocycles. The van der Waals surface area contributed by atoms with Crippen LogP contribution in [0.4, 0.5) is 5.69 Å². The van der Waals surface area contributed by atoms with E-state index in [1.54, 1.807) is 24.1 Å². The number of methoxy groups -OCH3 is 1. The molecular weight excluding hydrogens is 442 g/mol. The van der Waals surface area contributed by atoms with Crippen LogP contribution >= 0.6 is 0 Å². The quantitative estimate of drug-likeness (QED) is 0.545. The predicted molar refractivity (Wildman–Crippen MR) is 127 cm³/mol. The third-order valence-corrected chi connectivity index (χ3v) is 7.09. The summed E-state index contributed by atoms with van der Waals surface area (Å²) >= 11 is 0. The number of rotatable bonds is 9. The average Bonchev–Trinajstić information content (AvgIpc) is 2.83. The van der Waals surface area contributed by atoms with Crippen molar-refractivity contribution in [2.45, 2.75) is 31.1 Å². The number of piperidine rings is 1. The van der Waals surface area contributed by atoms with Crippen molar-refractivity contribution >= 4 is 27.5 Å². The molecule has 0 spiro atoms. The fourth-order valence-corrected chi connectivity index (χ4v) is 4.77. The van der Waals surface area contributed by atoms with Crippen LogP contribution in [-0.4, -0.2) is 58.5 Å². The van der Waals surface area contributed by atoms with Gasteiger partial charge in [-0.15, -0.1) is 0 Å². The molecule has 2 aromatic carbocycles. The van der Waals surface area contributed by atoms with Gasteiger partial charge in [0.2, 0.25) is 5.91 Å². The molecule has 0 atom stereocenters. The molecule has 1 saturated heterocycles. The van der Waals surface area contributed by atoms with E-state index in [2.05, 4.69) is 10.0 Å². The Morgan fingerprint density at radius 2 is 1.67 bits per heavy atom. The van der Waals surface area contributed by atoms with Gasteiger partial charge in [-0.2, -0.15) is 0 Å². The van der Waals surface area contributed by atoms with Crippen LogP contribution in [0.2, 0.25) is 0 Å². The largest absolute Gasteiger partial charge is 0.385 e. The molecular formula is C24H31N3O5S. The number of likely N-dealkylation sites (tertiary alicyclic amines) is 1. The van der Waals surface area contributed by atoms with Crippen LogP contribution in [0.1, 0.15) is 35.2 Å². The molecule has 9 heteroatoms. The molecule has 0 saturated carbocycles. The minimum absolute atomic E-state index is 0.0221. The Bertz CT molecular complexity index is 1040. The standard InChI is InChI=1S/C24H31N3O5S/c1-18-4-8-21(9-5-18)26-33(30,31)22-10-6-20(7-11-22)24(29)27-15-12-19(13-16-27)23(28)25-14-3-17-32-2/h4-11,19,26H,3,12-17H2,1-2H3,(H,25,28). The molecule has 8 nitrogen and oxygen atoms in total. The number of anilines is 1. The molecule has 1 fully saturated rings. The van der Waals surface area contributed by atoms with E-state index in [9.17, 15) is 18.0 Å². The van der Waals surface area contributed by atoms with Crippen molar-refractivity contribution in [1.82, 2.24) is 10.2 Å². The molecule has 0 aromatic heterocycles. The lowest BCUT2D eigenvalue weighted by Crippen LogP contribution is -2.43. The monoisotopic (exact) mass is 473 g/mol. The summed E-state index contributed by atoms with van der Waals surface area (Å²) in [7, 11) is -2.12. The number of carbonyl (C=O) groups is 2. The van der Waals surface area contributed by atoms with Crippen LogP contribution in [0.25, 0.3) is 0 Å². The number of sulfonamides is 1. The van der Waals surface area contributed by atoms with Gasteiger partial charge in [0.25, 0.3) is 15.9 Å². The highest BCUT2D eigenvalue weighted by Gasteiger charge is 2.28. The molecule has 2 N–H and O–H groups in total.